The number of likely N-dealkylation sites (tertiary alicyclic amines) is 1. The van der Waals surface area contributed by atoms with Crippen molar-refractivity contribution in [1.82, 2.24) is 25.2 Å². The van der Waals surface area contributed by atoms with Crippen LogP contribution in [0, 0.1) is 24.2 Å². The van der Waals surface area contributed by atoms with Gasteiger partial charge in [-0.05, 0) is 43.7 Å². The molecule has 1 aliphatic rings. The van der Waals surface area contributed by atoms with Crippen LogP contribution in [0.25, 0.3) is 11.4 Å². The Hall–Kier alpha value is -1.37. The standard InChI is InChI=1S/C21H34ClN5O/c1-14-11-27(12-16(14)10-23-8-7-21(3,4)5)13-17-19(24-26(6)20(17)22)18-9-15(2)28-25-18/h9,14,16,23H,7-8,10-13H2,1-6H3/t14-,16-/m1/s1. The number of nitrogens with one attached hydrogen (secondary N) is 1. The minimum atomic E-state index is 0.382. The maximum atomic E-state index is 6.57. The summed E-state index contributed by atoms with van der Waals surface area (Å²) in [4.78, 5) is 2.49. The van der Waals surface area contributed by atoms with Crippen molar-refractivity contribution in [3.63, 3.8) is 0 Å². The average molecular weight is 408 g/mol. The van der Waals surface area contributed by atoms with Crippen LogP contribution in [0.4, 0.5) is 0 Å². The Bertz CT molecular complexity index is 791. The predicted molar refractivity (Wildman–Crippen MR) is 113 cm³/mol. The summed E-state index contributed by atoms with van der Waals surface area (Å²) in [6.45, 7) is 16.2. The van der Waals surface area contributed by atoms with Crippen molar-refractivity contribution < 1.29 is 4.52 Å². The van der Waals surface area contributed by atoms with E-state index >= 15 is 0 Å². The maximum absolute atomic E-state index is 6.57. The van der Waals surface area contributed by atoms with E-state index in [9.17, 15) is 0 Å². The number of aromatic nitrogens is 3. The van der Waals surface area contributed by atoms with E-state index in [1.165, 1.54) is 6.42 Å². The van der Waals surface area contributed by atoms with Crippen LogP contribution in [0.3, 0.4) is 0 Å². The number of aryl methyl sites for hydroxylation is 2. The summed E-state index contributed by atoms with van der Waals surface area (Å²) in [5, 5.41) is 13.1. The highest BCUT2D eigenvalue weighted by Crippen LogP contribution is 2.32. The molecule has 1 aliphatic heterocycles. The molecule has 2 atom stereocenters. The van der Waals surface area contributed by atoms with E-state index in [1.54, 1.807) is 4.68 Å². The maximum Gasteiger partial charge on any atom is 0.134 e. The Labute approximate surface area is 173 Å². The second-order valence-corrected chi connectivity index (χ2v) is 9.87. The van der Waals surface area contributed by atoms with Gasteiger partial charge in [-0.2, -0.15) is 5.10 Å². The number of rotatable bonds is 7. The average Bonchev–Trinajstić information content (AvgIpc) is 3.25. The second kappa shape index (κ2) is 8.56. The van der Waals surface area contributed by atoms with Gasteiger partial charge in [0, 0.05) is 38.3 Å². The molecule has 3 heterocycles. The highest BCUT2D eigenvalue weighted by Gasteiger charge is 2.31. The van der Waals surface area contributed by atoms with Gasteiger partial charge in [-0.1, -0.05) is 44.5 Å². The zero-order chi connectivity index (χ0) is 20.5. The number of halogens is 1. The zero-order valence-electron chi connectivity index (χ0n) is 18.0. The fourth-order valence-electron chi connectivity index (χ4n) is 3.88. The summed E-state index contributed by atoms with van der Waals surface area (Å²) in [6, 6.07) is 1.91. The monoisotopic (exact) mass is 407 g/mol. The molecule has 0 aliphatic carbocycles. The highest BCUT2D eigenvalue weighted by atomic mass is 35.5. The Morgan fingerprint density at radius 2 is 2.07 bits per heavy atom. The van der Waals surface area contributed by atoms with E-state index < -0.39 is 0 Å². The predicted octanol–water partition coefficient (Wildman–Crippen LogP) is 4.13. The summed E-state index contributed by atoms with van der Waals surface area (Å²) in [7, 11) is 1.87. The van der Waals surface area contributed by atoms with Gasteiger partial charge in [0.2, 0.25) is 0 Å². The smallest absolute Gasteiger partial charge is 0.134 e. The van der Waals surface area contributed by atoms with Gasteiger partial charge in [-0.25, -0.2) is 0 Å². The van der Waals surface area contributed by atoms with Crippen molar-refractivity contribution in [2.45, 2.75) is 47.6 Å². The Morgan fingerprint density at radius 1 is 1.32 bits per heavy atom. The van der Waals surface area contributed by atoms with Crippen LogP contribution in [0.15, 0.2) is 10.6 Å². The van der Waals surface area contributed by atoms with Crippen LogP contribution in [0.1, 0.15) is 45.4 Å². The Morgan fingerprint density at radius 3 is 2.71 bits per heavy atom. The normalized spacial score (nSPS) is 21.0. The fourth-order valence-corrected chi connectivity index (χ4v) is 4.07. The molecule has 0 radical (unpaired) electrons. The third-order valence-electron chi connectivity index (χ3n) is 5.62. The Kier molecular flexibility index (Phi) is 6.52. The lowest BCUT2D eigenvalue weighted by atomic mass is 9.92. The molecule has 3 rings (SSSR count). The van der Waals surface area contributed by atoms with Crippen LogP contribution in [0.5, 0.6) is 0 Å². The lowest BCUT2D eigenvalue weighted by molar-refractivity contribution is 0.310. The lowest BCUT2D eigenvalue weighted by Crippen LogP contribution is -2.30. The van der Waals surface area contributed by atoms with Crippen molar-refractivity contribution >= 4 is 11.6 Å². The van der Waals surface area contributed by atoms with Gasteiger partial charge in [-0.3, -0.25) is 9.58 Å². The SMILES string of the molecule is Cc1cc(-c2nn(C)c(Cl)c2CN2C[C@@H](CNCCC(C)(C)C)[C@H](C)C2)no1. The first kappa shape index (κ1) is 21.3. The van der Waals surface area contributed by atoms with E-state index in [1.807, 2.05) is 20.0 Å². The molecule has 156 valence electrons. The summed E-state index contributed by atoms with van der Waals surface area (Å²) in [5.74, 6) is 2.10. The van der Waals surface area contributed by atoms with Gasteiger partial charge in [0.25, 0.3) is 0 Å². The molecular formula is C21H34ClN5O. The molecule has 0 bridgehead atoms. The first-order valence-electron chi connectivity index (χ1n) is 10.2. The third kappa shape index (κ3) is 5.16. The molecule has 0 aromatic carbocycles. The number of hydrogen-bond acceptors (Lipinski definition) is 5. The van der Waals surface area contributed by atoms with E-state index in [0.29, 0.717) is 22.4 Å². The molecule has 2 aromatic rings. The first-order chi connectivity index (χ1) is 13.1. The molecule has 7 heteroatoms. The number of hydrogen-bond donors (Lipinski definition) is 1. The zero-order valence-corrected chi connectivity index (χ0v) is 18.8. The highest BCUT2D eigenvalue weighted by molar-refractivity contribution is 6.30. The van der Waals surface area contributed by atoms with Crippen LogP contribution in [0.2, 0.25) is 5.15 Å². The first-order valence-corrected chi connectivity index (χ1v) is 10.6. The summed E-state index contributed by atoms with van der Waals surface area (Å²) >= 11 is 6.57. The van der Waals surface area contributed by atoms with Gasteiger partial charge >= 0.3 is 0 Å². The van der Waals surface area contributed by atoms with Crippen LogP contribution < -0.4 is 5.32 Å². The number of nitrogens with zero attached hydrogens (tertiary/aromatic N) is 4. The van der Waals surface area contributed by atoms with Gasteiger partial charge in [0.05, 0.1) is 0 Å². The van der Waals surface area contributed by atoms with Crippen LogP contribution in [-0.2, 0) is 13.6 Å². The Balaban J connectivity index is 1.62. The van der Waals surface area contributed by atoms with Crippen molar-refractivity contribution in [3.8, 4) is 11.4 Å². The van der Waals surface area contributed by atoms with Crippen molar-refractivity contribution in [3.05, 3.63) is 22.5 Å². The molecule has 6 nitrogen and oxygen atoms in total. The van der Waals surface area contributed by atoms with Crippen molar-refractivity contribution in [2.24, 2.45) is 24.3 Å². The van der Waals surface area contributed by atoms with Gasteiger partial charge in [-0.15, -0.1) is 0 Å². The molecule has 1 fully saturated rings. The summed E-state index contributed by atoms with van der Waals surface area (Å²) < 4.78 is 6.97. The quantitative estimate of drug-likeness (QED) is 0.699. The molecule has 1 saturated heterocycles. The molecule has 1 N–H and O–H groups in total. The molecule has 0 amide bonds. The third-order valence-corrected chi connectivity index (χ3v) is 6.10. The van der Waals surface area contributed by atoms with Crippen LogP contribution >= 0.6 is 11.6 Å². The van der Waals surface area contributed by atoms with Gasteiger partial charge in [0.1, 0.15) is 22.3 Å². The topological polar surface area (TPSA) is 59.1 Å². The lowest BCUT2D eigenvalue weighted by Gasteiger charge is -2.20. The fraction of sp³-hybridized carbons (Fsp3) is 0.714. The molecule has 0 saturated carbocycles. The molecule has 0 spiro atoms. The van der Waals surface area contributed by atoms with E-state index in [4.69, 9.17) is 16.1 Å². The van der Waals surface area contributed by atoms with Gasteiger partial charge in [0.15, 0.2) is 0 Å². The molecule has 0 unspecified atom stereocenters. The van der Waals surface area contributed by atoms with E-state index in [-0.39, 0.29) is 0 Å². The van der Waals surface area contributed by atoms with E-state index in [0.717, 1.165) is 55.4 Å². The molecular weight excluding hydrogens is 374 g/mol. The minimum absolute atomic E-state index is 0.382. The van der Waals surface area contributed by atoms with Gasteiger partial charge < -0.3 is 9.84 Å². The van der Waals surface area contributed by atoms with Crippen LogP contribution in [-0.4, -0.2) is 46.0 Å². The summed E-state index contributed by atoms with van der Waals surface area (Å²) in [5.41, 5.74) is 2.99. The minimum Gasteiger partial charge on any atom is -0.361 e. The molecule has 28 heavy (non-hydrogen) atoms. The van der Waals surface area contributed by atoms with Crippen molar-refractivity contribution in [2.75, 3.05) is 26.2 Å². The largest absolute Gasteiger partial charge is 0.361 e. The van der Waals surface area contributed by atoms with Crippen molar-refractivity contribution in [1.29, 1.82) is 0 Å². The van der Waals surface area contributed by atoms with E-state index in [2.05, 4.69) is 48.2 Å². The summed E-state index contributed by atoms with van der Waals surface area (Å²) in [6.07, 6.45) is 1.20. The molecule has 2 aromatic heterocycles. The second-order valence-electron chi connectivity index (χ2n) is 9.51.